The molecule has 0 bridgehead atoms. The number of ether oxygens (including phenoxy) is 4. The monoisotopic (exact) mass is 404 g/mol. The summed E-state index contributed by atoms with van der Waals surface area (Å²) in [6, 6.07) is 19.5. The molecule has 0 aromatic heterocycles. The molecule has 0 saturated heterocycles. The van der Waals surface area contributed by atoms with Gasteiger partial charge in [0.05, 0.1) is 19.8 Å². The third kappa shape index (κ3) is 3.59. The second kappa shape index (κ2) is 8.29. The van der Waals surface area contributed by atoms with E-state index in [9.17, 15) is 9.59 Å². The van der Waals surface area contributed by atoms with Gasteiger partial charge in [-0.15, -0.1) is 0 Å². The van der Waals surface area contributed by atoms with Crippen molar-refractivity contribution in [3.8, 4) is 23.0 Å². The third-order valence-electron chi connectivity index (χ3n) is 4.97. The van der Waals surface area contributed by atoms with Gasteiger partial charge in [0, 0.05) is 11.1 Å². The van der Waals surface area contributed by atoms with Crippen molar-refractivity contribution in [3.05, 3.63) is 83.4 Å². The minimum Gasteiger partial charge on any atom is -0.497 e. The van der Waals surface area contributed by atoms with Gasteiger partial charge in [-0.2, -0.15) is 0 Å². The van der Waals surface area contributed by atoms with Crippen molar-refractivity contribution in [1.82, 2.24) is 0 Å². The lowest BCUT2D eigenvalue weighted by Crippen LogP contribution is -2.23. The highest BCUT2D eigenvalue weighted by molar-refractivity contribution is 6.01. The van der Waals surface area contributed by atoms with Gasteiger partial charge in [0.1, 0.15) is 28.9 Å². The number of ketones is 1. The normalized spacial score (nSPS) is 12.2. The Hall–Kier alpha value is -3.80. The number of fused-ring (bicyclic) bond motifs is 2. The van der Waals surface area contributed by atoms with Crippen LogP contribution in [-0.4, -0.2) is 32.6 Å². The van der Waals surface area contributed by atoms with Crippen molar-refractivity contribution in [2.24, 2.45) is 0 Å². The van der Waals surface area contributed by atoms with E-state index < -0.39 is 18.5 Å². The number of carbonyl (C=O) groups excluding carboxylic acids is 2. The molecule has 0 N–H and O–H groups in total. The number of benzene rings is 3. The van der Waals surface area contributed by atoms with Gasteiger partial charge in [0.25, 0.3) is 0 Å². The Kier molecular flexibility index (Phi) is 5.39. The number of hydrogen-bond donors (Lipinski definition) is 0. The summed E-state index contributed by atoms with van der Waals surface area (Å²) in [7, 11) is 2.98. The molecule has 6 heteroatoms. The predicted molar refractivity (Wildman–Crippen MR) is 110 cm³/mol. The first-order chi connectivity index (χ1) is 14.6. The average Bonchev–Trinajstić information content (AvgIpc) is 2.80. The fourth-order valence-electron chi connectivity index (χ4n) is 3.49. The smallest absolute Gasteiger partial charge is 0.318 e. The molecule has 6 nitrogen and oxygen atoms in total. The molecule has 0 fully saturated rings. The summed E-state index contributed by atoms with van der Waals surface area (Å²) in [6.45, 7) is -0.413. The maximum absolute atomic E-state index is 13.1. The summed E-state index contributed by atoms with van der Waals surface area (Å²) < 4.78 is 21.8. The van der Waals surface area contributed by atoms with E-state index in [1.807, 2.05) is 36.4 Å². The zero-order valence-corrected chi connectivity index (χ0v) is 16.6. The van der Waals surface area contributed by atoms with Gasteiger partial charge in [0.15, 0.2) is 6.61 Å². The summed E-state index contributed by atoms with van der Waals surface area (Å²) in [4.78, 5) is 25.8. The van der Waals surface area contributed by atoms with E-state index in [1.165, 1.54) is 14.2 Å². The van der Waals surface area contributed by atoms with Crippen molar-refractivity contribution in [3.63, 3.8) is 0 Å². The largest absolute Gasteiger partial charge is 0.497 e. The molecule has 1 aliphatic heterocycles. The Morgan fingerprint density at radius 1 is 0.867 bits per heavy atom. The molecule has 4 rings (SSSR count). The molecule has 1 aliphatic rings. The zero-order valence-electron chi connectivity index (χ0n) is 16.6. The fourth-order valence-corrected chi connectivity index (χ4v) is 3.49. The van der Waals surface area contributed by atoms with E-state index in [0.29, 0.717) is 34.1 Å². The summed E-state index contributed by atoms with van der Waals surface area (Å²) in [5.74, 6) is 0.515. The number of esters is 1. The van der Waals surface area contributed by atoms with E-state index in [1.54, 1.807) is 30.3 Å². The molecule has 152 valence electrons. The number of rotatable bonds is 6. The minimum absolute atomic E-state index is 0.289. The summed E-state index contributed by atoms with van der Waals surface area (Å²) >= 11 is 0. The Morgan fingerprint density at radius 2 is 1.50 bits per heavy atom. The summed E-state index contributed by atoms with van der Waals surface area (Å²) in [5, 5.41) is 0. The van der Waals surface area contributed by atoms with Gasteiger partial charge < -0.3 is 18.9 Å². The highest BCUT2D eigenvalue weighted by atomic mass is 16.5. The number of hydrogen-bond acceptors (Lipinski definition) is 6. The number of Topliss-reactive ketones (excluding diaryl/α,β-unsaturated/α-hetero) is 1. The van der Waals surface area contributed by atoms with Crippen LogP contribution in [0.2, 0.25) is 0 Å². The van der Waals surface area contributed by atoms with E-state index in [2.05, 4.69) is 0 Å². The zero-order chi connectivity index (χ0) is 21.1. The predicted octanol–water partition coefficient (Wildman–Crippen LogP) is 4.37. The lowest BCUT2D eigenvalue weighted by molar-refractivity contribution is -0.143. The van der Waals surface area contributed by atoms with Gasteiger partial charge in [0.2, 0.25) is 5.78 Å². The van der Waals surface area contributed by atoms with Crippen molar-refractivity contribution < 1.29 is 28.5 Å². The van der Waals surface area contributed by atoms with Gasteiger partial charge in [-0.05, 0) is 30.3 Å². The van der Waals surface area contributed by atoms with E-state index in [-0.39, 0.29) is 11.3 Å². The molecular weight excluding hydrogens is 384 g/mol. The van der Waals surface area contributed by atoms with Crippen molar-refractivity contribution in [1.29, 1.82) is 0 Å². The SMILES string of the molecule is COc1ccc(OC)c(C(=O)COC(=O)C2c3ccccc3Oc3ccccc32)c1. The topological polar surface area (TPSA) is 71.1 Å². The molecular formula is C24H20O6. The van der Waals surface area contributed by atoms with Crippen molar-refractivity contribution in [2.75, 3.05) is 20.8 Å². The number of para-hydroxylation sites is 2. The Morgan fingerprint density at radius 3 is 2.10 bits per heavy atom. The lowest BCUT2D eigenvalue weighted by atomic mass is 9.88. The molecule has 0 atom stereocenters. The molecule has 0 aliphatic carbocycles. The van der Waals surface area contributed by atoms with Crippen LogP contribution >= 0.6 is 0 Å². The Balaban J connectivity index is 1.58. The van der Waals surface area contributed by atoms with Crippen LogP contribution in [0.5, 0.6) is 23.0 Å². The number of methoxy groups -OCH3 is 2. The summed E-state index contributed by atoms with van der Waals surface area (Å²) in [5.41, 5.74) is 1.69. The molecule has 0 amide bonds. The molecule has 3 aromatic rings. The van der Waals surface area contributed by atoms with E-state index >= 15 is 0 Å². The maximum Gasteiger partial charge on any atom is 0.318 e. The average molecular weight is 404 g/mol. The Bertz CT molecular complexity index is 1060. The molecule has 0 spiro atoms. The second-order valence-electron chi connectivity index (χ2n) is 6.71. The number of carbonyl (C=O) groups is 2. The highest BCUT2D eigenvalue weighted by Crippen LogP contribution is 2.44. The van der Waals surface area contributed by atoms with Crippen LogP contribution in [0.15, 0.2) is 66.7 Å². The molecule has 0 unspecified atom stereocenters. The lowest BCUT2D eigenvalue weighted by Gasteiger charge is -2.26. The summed E-state index contributed by atoms with van der Waals surface area (Å²) in [6.07, 6.45) is 0. The molecule has 3 aromatic carbocycles. The van der Waals surface area contributed by atoms with Crippen LogP contribution < -0.4 is 14.2 Å². The molecule has 0 radical (unpaired) electrons. The van der Waals surface area contributed by atoms with Crippen LogP contribution in [0.1, 0.15) is 27.4 Å². The first-order valence-corrected chi connectivity index (χ1v) is 9.40. The standard InChI is InChI=1S/C24H20O6/c1-27-15-11-12-20(28-2)18(13-15)19(25)14-29-24(26)23-16-7-3-5-9-21(16)30-22-10-6-4-8-17(22)23/h3-13,23H,14H2,1-2H3. The first kappa shape index (κ1) is 19.5. The molecule has 0 saturated carbocycles. The van der Waals surface area contributed by atoms with Crippen LogP contribution in [0.25, 0.3) is 0 Å². The third-order valence-corrected chi connectivity index (χ3v) is 4.97. The van der Waals surface area contributed by atoms with Gasteiger partial charge in [-0.3, -0.25) is 9.59 Å². The maximum atomic E-state index is 13.1. The van der Waals surface area contributed by atoms with E-state index in [0.717, 1.165) is 0 Å². The fraction of sp³-hybridized carbons (Fsp3) is 0.167. The van der Waals surface area contributed by atoms with Crippen LogP contribution in [0.4, 0.5) is 0 Å². The first-order valence-electron chi connectivity index (χ1n) is 9.40. The van der Waals surface area contributed by atoms with Gasteiger partial charge >= 0.3 is 5.97 Å². The molecule has 1 heterocycles. The van der Waals surface area contributed by atoms with Crippen LogP contribution in [0, 0.1) is 0 Å². The quantitative estimate of drug-likeness (QED) is 0.449. The van der Waals surface area contributed by atoms with E-state index in [4.69, 9.17) is 18.9 Å². The van der Waals surface area contributed by atoms with Crippen molar-refractivity contribution >= 4 is 11.8 Å². The minimum atomic E-state index is -0.675. The molecule has 30 heavy (non-hydrogen) atoms. The highest BCUT2D eigenvalue weighted by Gasteiger charge is 2.34. The second-order valence-corrected chi connectivity index (χ2v) is 6.71. The Labute approximate surface area is 174 Å². The van der Waals surface area contributed by atoms with Gasteiger partial charge in [-0.1, -0.05) is 36.4 Å². The van der Waals surface area contributed by atoms with Gasteiger partial charge in [-0.25, -0.2) is 0 Å². The van der Waals surface area contributed by atoms with Crippen LogP contribution in [0.3, 0.4) is 0 Å². The van der Waals surface area contributed by atoms with Crippen molar-refractivity contribution in [2.45, 2.75) is 5.92 Å². The van der Waals surface area contributed by atoms with Crippen LogP contribution in [-0.2, 0) is 9.53 Å².